The Bertz CT molecular complexity index is 554. The second-order valence-corrected chi connectivity index (χ2v) is 8.13. The van der Waals surface area contributed by atoms with E-state index in [1.165, 1.54) is 0 Å². The molecule has 1 aliphatic rings. The topological polar surface area (TPSA) is 66.4 Å². The van der Waals surface area contributed by atoms with Gasteiger partial charge in [0, 0.05) is 11.5 Å². The highest BCUT2D eigenvalue weighted by molar-refractivity contribution is 7.89. The van der Waals surface area contributed by atoms with Crippen LogP contribution >= 0.6 is 0 Å². The Labute approximate surface area is 121 Å². The highest BCUT2D eigenvalue weighted by Gasteiger charge is 2.48. The summed E-state index contributed by atoms with van der Waals surface area (Å²) in [7, 11) is -3.34. The predicted molar refractivity (Wildman–Crippen MR) is 80.0 cm³/mol. The smallest absolute Gasteiger partial charge is 0.212 e. The van der Waals surface area contributed by atoms with E-state index in [1.54, 1.807) is 0 Å². The molecule has 3 unspecified atom stereocenters. The highest BCUT2D eigenvalue weighted by atomic mass is 32.2. The summed E-state index contributed by atoms with van der Waals surface area (Å²) in [6.07, 6.45) is 0.0631. The van der Waals surface area contributed by atoms with Crippen molar-refractivity contribution in [3.05, 3.63) is 35.9 Å². The molecular formula is C15H23NO3S. The molecule has 1 saturated carbocycles. The van der Waals surface area contributed by atoms with Crippen molar-refractivity contribution in [2.45, 2.75) is 45.3 Å². The number of aliphatic hydroxyl groups is 1. The van der Waals surface area contributed by atoms with Crippen LogP contribution in [0.3, 0.4) is 0 Å². The minimum absolute atomic E-state index is 0.0539. The third-order valence-electron chi connectivity index (χ3n) is 4.38. The lowest BCUT2D eigenvalue weighted by Gasteiger charge is -2.49. The SMILES string of the molecule is CC(CS(=O)(=O)NC1CC(O)C1(C)C)c1ccccc1. The summed E-state index contributed by atoms with van der Waals surface area (Å²) in [4.78, 5) is 0. The largest absolute Gasteiger partial charge is 0.392 e. The highest BCUT2D eigenvalue weighted by Crippen LogP contribution is 2.40. The Balaban J connectivity index is 1.99. The van der Waals surface area contributed by atoms with Crippen molar-refractivity contribution < 1.29 is 13.5 Å². The summed E-state index contributed by atoms with van der Waals surface area (Å²) in [5, 5.41) is 9.67. The Morgan fingerprint density at radius 1 is 1.35 bits per heavy atom. The molecule has 2 rings (SSSR count). The first-order valence-corrected chi connectivity index (χ1v) is 8.60. The molecule has 1 aromatic carbocycles. The Hall–Kier alpha value is -0.910. The average Bonchev–Trinajstić information content (AvgIpc) is 2.38. The molecule has 20 heavy (non-hydrogen) atoms. The van der Waals surface area contributed by atoms with Gasteiger partial charge in [0.05, 0.1) is 11.9 Å². The van der Waals surface area contributed by atoms with Gasteiger partial charge in [0.15, 0.2) is 0 Å². The summed E-state index contributed by atoms with van der Waals surface area (Å²) < 4.78 is 27.2. The van der Waals surface area contributed by atoms with E-state index in [4.69, 9.17) is 0 Å². The standard InChI is InChI=1S/C15H23NO3S/c1-11(12-7-5-4-6-8-12)10-20(18,19)16-13-9-14(17)15(13,2)3/h4-8,11,13-14,16-17H,9-10H2,1-3H3. The van der Waals surface area contributed by atoms with Crippen LogP contribution < -0.4 is 4.72 Å². The molecule has 1 aliphatic carbocycles. The second kappa shape index (κ2) is 5.47. The predicted octanol–water partition coefficient (Wildman–Crippen LogP) is 1.87. The Morgan fingerprint density at radius 2 is 1.95 bits per heavy atom. The molecule has 1 aromatic rings. The van der Waals surface area contributed by atoms with Gasteiger partial charge in [-0.3, -0.25) is 0 Å². The number of nitrogens with one attached hydrogen (secondary N) is 1. The van der Waals surface area contributed by atoms with Gasteiger partial charge in [0.2, 0.25) is 10.0 Å². The van der Waals surface area contributed by atoms with E-state index in [-0.39, 0.29) is 23.1 Å². The maximum absolute atomic E-state index is 12.2. The first kappa shape index (κ1) is 15.5. The maximum Gasteiger partial charge on any atom is 0.212 e. The van der Waals surface area contributed by atoms with E-state index in [0.717, 1.165) is 5.56 Å². The fraction of sp³-hybridized carbons (Fsp3) is 0.600. The zero-order valence-corrected chi connectivity index (χ0v) is 13.0. The van der Waals surface area contributed by atoms with Crippen molar-refractivity contribution in [3.8, 4) is 0 Å². The van der Waals surface area contributed by atoms with Crippen LogP contribution in [-0.2, 0) is 10.0 Å². The lowest BCUT2D eigenvalue weighted by Crippen LogP contribution is -2.61. The lowest BCUT2D eigenvalue weighted by molar-refractivity contribution is -0.0645. The third kappa shape index (κ3) is 3.22. The van der Waals surface area contributed by atoms with Gasteiger partial charge in [0.25, 0.3) is 0 Å². The van der Waals surface area contributed by atoms with Gasteiger partial charge in [-0.2, -0.15) is 0 Å². The zero-order valence-electron chi connectivity index (χ0n) is 12.2. The van der Waals surface area contributed by atoms with Gasteiger partial charge in [-0.25, -0.2) is 13.1 Å². The van der Waals surface area contributed by atoms with E-state index in [2.05, 4.69) is 4.72 Å². The molecule has 0 amide bonds. The molecule has 0 saturated heterocycles. The minimum atomic E-state index is -3.34. The molecule has 2 N–H and O–H groups in total. The summed E-state index contributed by atoms with van der Waals surface area (Å²) in [5.41, 5.74) is 0.633. The maximum atomic E-state index is 12.2. The van der Waals surface area contributed by atoms with Gasteiger partial charge in [-0.15, -0.1) is 0 Å². The van der Waals surface area contributed by atoms with Gasteiger partial charge < -0.3 is 5.11 Å². The van der Waals surface area contributed by atoms with Crippen LogP contribution in [0.2, 0.25) is 0 Å². The number of sulfonamides is 1. The van der Waals surface area contributed by atoms with Gasteiger partial charge in [-0.05, 0) is 17.9 Å². The van der Waals surface area contributed by atoms with Crippen LogP contribution in [0.15, 0.2) is 30.3 Å². The normalized spacial score (nSPS) is 26.8. The van der Waals surface area contributed by atoms with Crippen molar-refractivity contribution in [3.63, 3.8) is 0 Å². The first-order chi connectivity index (χ1) is 9.22. The van der Waals surface area contributed by atoms with Crippen LogP contribution in [0.1, 0.15) is 38.7 Å². The molecule has 3 atom stereocenters. The van der Waals surface area contributed by atoms with E-state index in [1.807, 2.05) is 51.1 Å². The monoisotopic (exact) mass is 297 g/mol. The molecule has 0 bridgehead atoms. The Morgan fingerprint density at radius 3 is 2.45 bits per heavy atom. The fourth-order valence-corrected chi connectivity index (χ4v) is 4.35. The van der Waals surface area contributed by atoms with Gasteiger partial charge in [0.1, 0.15) is 0 Å². The number of rotatable bonds is 5. The molecule has 0 radical (unpaired) electrons. The molecule has 5 heteroatoms. The van der Waals surface area contributed by atoms with Crippen molar-refractivity contribution in [1.82, 2.24) is 4.72 Å². The van der Waals surface area contributed by atoms with Crippen molar-refractivity contribution in [2.24, 2.45) is 5.41 Å². The van der Waals surface area contributed by atoms with Crippen LogP contribution in [0.5, 0.6) is 0 Å². The fourth-order valence-electron chi connectivity index (χ4n) is 2.57. The molecule has 0 heterocycles. The van der Waals surface area contributed by atoms with Gasteiger partial charge >= 0.3 is 0 Å². The lowest BCUT2D eigenvalue weighted by atomic mass is 9.65. The van der Waals surface area contributed by atoms with E-state index < -0.39 is 16.1 Å². The number of benzene rings is 1. The summed E-state index contributed by atoms with van der Waals surface area (Å²) in [6, 6.07) is 9.45. The number of aliphatic hydroxyl groups excluding tert-OH is 1. The molecule has 0 aromatic heterocycles. The quantitative estimate of drug-likeness (QED) is 0.872. The van der Waals surface area contributed by atoms with Crippen LogP contribution in [0, 0.1) is 5.41 Å². The zero-order chi connectivity index (χ0) is 15.0. The van der Waals surface area contributed by atoms with Crippen molar-refractivity contribution >= 4 is 10.0 Å². The van der Waals surface area contributed by atoms with E-state index >= 15 is 0 Å². The van der Waals surface area contributed by atoms with Crippen LogP contribution in [-0.4, -0.2) is 31.4 Å². The molecule has 1 fully saturated rings. The second-order valence-electron chi connectivity index (χ2n) is 6.34. The van der Waals surface area contributed by atoms with Crippen LogP contribution in [0.4, 0.5) is 0 Å². The van der Waals surface area contributed by atoms with Crippen molar-refractivity contribution in [1.29, 1.82) is 0 Å². The molecule has 4 nitrogen and oxygen atoms in total. The molecule has 0 spiro atoms. The minimum Gasteiger partial charge on any atom is -0.392 e. The number of hydrogen-bond donors (Lipinski definition) is 2. The Kier molecular flexibility index (Phi) is 4.23. The average molecular weight is 297 g/mol. The summed E-state index contributed by atoms with van der Waals surface area (Å²) in [5.74, 6) is 0.0153. The molecule has 0 aliphatic heterocycles. The molecular weight excluding hydrogens is 274 g/mol. The summed E-state index contributed by atoms with van der Waals surface area (Å²) in [6.45, 7) is 5.68. The van der Waals surface area contributed by atoms with Crippen LogP contribution in [0.25, 0.3) is 0 Å². The molecule has 112 valence electrons. The first-order valence-electron chi connectivity index (χ1n) is 6.95. The van der Waals surface area contributed by atoms with Crippen molar-refractivity contribution in [2.75, 3.05) is 5.75 Å². The number of hydrogen-bond acceptors (Lipinski definition) is 3. The van der Waals surface area contributed by atoms with E-state index in [0.29, 0.717) is 6.42 Å². The summed E-state index contributed by atoms with van der Waals surface area (Å²) >= 11 is 0. The van der Waals surface area contributed by atoms with Gasteiger partial charge in [-0.1, -0.05) is 51.1 Å². The third-order valence-corrected chi connectivity index (χ3v) is 5.96. The van der Waals surface area contributed by atoms with E-state index in [9.17, 15) is 13.5 Å².